The number of carbonyl (C=O) groups is 1. The third-order valence-electron chi connectivity index (χ3n) is 5.02. The van der Waals surface area contributed by atoms with Crippen LogP contribution in [0.2, 0.25) is 10.0 Å². The molecule has 35 heavy (non-hydrogen) atoms. The van der Waals surface area contributed by atoms with Crippen molar-refractivity contribution >= 4 is 35.0 Å². The first-order valence-electron chi connectivity index (χ1n) is 10.9. The van der Waals surface area contributed by atoms with Crippen molar-refractivity contribution in [3.63, 3.8) is 0 Å². The number of anilines is 1. The minimum atomic E-state index is -0.761. The summed E-state index contributed by atoms with van der Waals surface area (Å²) in [5.41, 5.74) is 13.1. The maximum atomic E-state index is 13.9. The number of halogens is 3. The minimum Gasteiger partial charge on any atom is -0.482 e. The average molecular weight is 524 g/mol. The predicted molar refractivity (Wildman–Crippen MR) is 134 cm³/mol. The van der Waals surface area contributed by atoms with Gasteiger partial charge in [-0.3, -0.25) is 9.48 Å². The van der Waals surface area contributed by atoms with Crippen molar-refractivity contribution in [2.45, 2.75) is 58.4 Å². The molecule has 0 saturated carbocycles. The van der Waals surface area contributed by atoms with E-state index >= 15 is 0 Å². The first-order valence-corrected chi connectivity index (χ1v) is 11.7. The molecule has 0 aliphatic heterocycles. The van der Waals surface area contributed by atoms with Crippen molar-refractivity contribution in [1.29, 1.82) is 0 Å². The highest BCUT2D eigenvalue weighted by Gasteiger charge is 2.23. The number of ether oxygens (including phenoxy) is 2. The van der Waals surface area contributed by atoms with E-state index in [0.29, 0.717) is 24.1 Å². The van der Waals surface area contributed by atoms with Crippen molar-refractivity contribution < 1.29 is 18.7 Å². The molecular weight excluding hydrogens is 496 g/mol. The molecule has 0 aliphatic carbocycles. The van der Waals surface area contributed by atoms with Crippen LogP contribution in [0.1, 0.15) is 45.8 Å². The molecule has 188 valence electrons. The van der Waals surface area contributed by atoms with Gasteiger partial charge in [-0.15, -0.1) is 0 Å². The van der Waals surface area contributed by atoms with Crippen LogP contribution in [0, 0.1) is 5.82 Å². The Balaban J connectivity index is 1.72. The number of pyridine rings is 1. The van der Waals surface area contributed by atoms with Gasteiger partial charge < -0.3 is 20.9 Å². The normalized spacial score (nSPS) is 13.4. The number of rotatable bonds is 8. The van der Waals surface area contributed by atoms with Crippen LogP contribution in [0.25, 0.3) is 11.1 Å². The topological polar surface area (TPSA) is 118 Å². The van der Waals surface area contributed by atoms with Gasteiger partial charge >= 0.3 is 5.97 Å². The Hall–Kier alpha value is -2.88. The number of nitrogen functional groups attached to an aromatic ring is 1. The molecule has 8 nitrogen and oxygen atoms in total. The highest BCUT2D eigenvalue weighted by Crippen LogP contribution is 2.36. The number of carbonyl (C=O) groups excluding carboxylic acids is 1. The Labute approximate surface area is 213 Å². The van der Waals surface area contributed by atoms with Crippen LogP contribution in [-0.4, -0.2) is 32.4 Å². The fourth-order valence-electron chi connectivity index (χ4n) is 3.27. The lowest BCUT2D eigenvalue weighted by atomic mass is 10.1. The predicted octanol–water partition coefficient (Wildman–Crippen LogP) is 5.17. The summed E-state index contributed by atoms with van der Waals surface area (Å²) in [6, 6.07) is 3.55. The number of aromatic nitrogens is 3. The molecule has 3 rings (SSSR count). The van der Waals surface area contributed by atoms with E-state index in [0.717, 1.165) is 5.56 Å². The third kappa shape index (κ3) is 6.84. The zero-order valence-corrected chi connectivity index (χ0v) is 21.4. The monoisotopic (exact) mass is 523 g/mol. The van der Waals surface area contributed by atoms with Crippen molar-refractivity contribution in [3.8, 4) is 16.9 Å². The quantitative estimate of drug-likeness (QED) is 0.308. The molecule has 4 N–H and O–H groups in total. The van der Waals surface area contributed by atoms with Crippen molar-refractivity contribution in [1.82, 2.24) is 14.8 Å². The summed E-state index contributed by atoms with van der Waals surface area (Å²) in [5.74, 6) is -0.617. The second kappa shape index (κ2) is 10.8. The Bertz CT molecular complexity index is 1210. The highest BCUT2D eigenvalue weighted by atomic mass is 35.5. The Morgan fingerprint density at radius 1 is 1.23 bits per heavy atom. The van der Waals surface area contributed by atoms with Gasteiger partial charge in [0, 0.05) is 40.7 Å². The van der Waals surface area contributed by atoms with Gasteiger partial charge in [0.2, 0.25) is 0 Å². The number of esters is 1. The van der Waals surface area contributed by atoms with E-state index in [1.54, 1.807) is 57.0 Å². The van der Waals surface area contributed by atoms with E-state index < -0.39 is 29.5 Å². The Morgan fingerprint density at radius 3 is 2.63 bits per heavy atom. The average Bonchev–Trinajstić information content (AvgIpc) is 3.24. The Kier molecular flexibility index (Phi) is 8.25. The zero-order chi connectivity index (χ0) is 25.9. The molecule has 2 atom stereocenters. The number of aryl methyl sites for hydroxylation is 1. The van der Waals surface area contributed by atoms with E-state index in [2.05, 4.69) is 10.1 Å². The molecule has 0 spiro atoms. The molecular formula is C24H28Cl2FN5O3. The summed E-state index contributed by atoms with van der Waals surface area (Å²) in [5, 5.41) is 4.49. The van der Waals surface area contributed by atoms with Gasteiger partial charge in [0.1, 0.15) is 23.6 Å². The van der Waals surface area contributed by atoms with Crippen LogP contribution in [0.15, 0.2) is 36.8 Å². The number of nitrogens with zero attached hydrogens (tertiary/aromatic N) is 3. The van der Waals surface area contributed by atoms with Crippen molar-refractivity contribution in [3.05, 3.63) is 58.2 Å². The lowest BCUT2D eigenvalue weighted by Crippen LogP contribution is -2.38. The molecule has 0 bridgehead atoms. The maximum absolute atomic E-state index is 13.9. The highest BCUT2D eigenvalue weighted by molar-refractivity contribution is 6.36. The largest absolute Gasteiger partial charge is 0.482 e. The smallest absolute Gasteiger partial charge is 0.323 e. The van der Waals surface area contributed by atoms with Gasteiger partial charge in [-0.1, -0.05) is 23.2 Å². The molecule has 0 aliphatic rings. The SMILES string of the molecule is CC(Oc1cc(-c2cnn(CC[C@H](N)C(=O)OC(C)(C)C)c2)cnc1N)c1c(Cl)ccc(F)c1Cl. The van der Waals surface area contributed by atoms with E-state index in [9.17, 15) is 9.18 Å². The summed E-state index contributed by atoms with van der Waals surface area (Å²) in [6.07, 6.45) is 4.70. The van der Waals surface area contributed by atoms with E-state index in [1.165, 1.54) is 12.1 Å². The van der Waals surface area contributed by atoms with Gasteiger partial charge in [-0.2, -0.15) is 5.10 Å². The summed E-state index contributed by atoms with van der Waals surface area (Å²) in [4.78, 5) is 16.3. The standard InChI is InChI=1S/C24H28Cl2FN5O3/c1-13(20-16(25)5-6-17(27)21(20)26)34-19-9-14(10-30-22(19)29)15-11-31-32(12-15)8-7-18(28)23(33)35-24(2,3)4/h5-6,9-13,18H,7-8,28H2,1-4H3,(H2,29,30)/t13?,18-/m0/s1. The third-order valence-corrected chi connectivity index (χ3v) is 5.73. The van der Waals surface area contributed by atoms with Crippen molar-refractivity contribution in [2.75, 3.05) is 5.73 Å². The maximum Gasteiger partial charge on any atom is 0.323 e. The van der Waals surface area contributed by atoms with E-state index in [-0.39, 0.29) is 21.6 Å². The molecule has 0 fully saturated rings. The molecule has 0 amide bonds. The molecule has 11 heteroatoms. The summed E-state index contributed by atoms with van der Waals surface area (Å²) in [6.45, 7) is 7.47. The van der Waals surface area contributed by atoms with Gasteiger partial charge in [0.05, 0.1) is 11.2 Å². The summed E-state index contributed by atoms with van der Waals surface area (Å²) >= 11 is 12.3. The second-order valence-electron chi connectivity index (χ2n) is 9.05. The minimum absolute atomic E-state index is 0.112. The fraction of sp³-hybridized carbons (Fsp3) is 0.375. The van der Waals surface area contributed by atoms with E-state index in [1.807, 2.05) is 0 Å². The second-order valence-corrected chi connectivity index (χ2v) is 9.83. The molecule has 1 aromatic carbocycles. The molecule has 1 unspecified atom stereocenters. The fourth-order valence-corrected chi connectivity index (χ4v) is 3.95. The first-order chi connectivity index (χ1) is 16.4. The lowest BCUT2D eigenvalue weighted by Gasteiger charge is -2.22. The summed E-state index contributed by atoms with van der Waals surface area (Å²) < 4.78 is 26.9. The number of hydrogen-bond donors (Lipinski definition) is 2. The van der Waals surface area contributed by atoms with Crippen molar-refractivity contribution in [2.24, 2.45) is 5.73 Å². The van der Waals surface area contributed by atoms with E-state index in [4.69, 9.17) is 44.1 Å². The summed E-state index contributed by atoms with van der Waals surface area (Å²) in [7, 11) is 0. The first kappa shape index (κ1) is 26.7. The number of hydrogen-bond acceptors (Lipinski definition) is 7. The molecule has 0 saturated heterocycles. The van der Waals surface area contributed by atoms with Crippen LogP contribution in [0.4, 0.5) is 10.2 Å². The Morgan fingerprint density at radius 2 is 1.94 bits per heavy atom. The van der Waals surface area contributed by atoms with Gasteiger partial charge in [0.25, 0.3) is 0 Å². The van der Waals surface area contributed by atoms with Crippen LogP contribution in [0.3, 0.4) is 0 Å². The van der Waals surface area contributed by atoms with Gasteiger partial charge in [-0.05, 0) is 52.3 Å². The molecule has 0 radical (unpaired) electrons. The van der Waals surface area contributed by atoms with Gasteiger partial charge in [-0.25, -0.2) is 9.37 Å². The van der Waals surface area contributed by atoms with Crippen LogP contribution in [0.5, 0.6) is 5.75 Å². The molecule has 3 aromatic rings. The zero-order valence-electron chi connectivity index (χ0n) is 19.9. The molecule has 2 heterocycles. The molecule has 2 aromatic heterocycles. The van der Waals surface area contributed by atoms with Gasteiger partial charge in [0.15, 0.2) is 11.6 Å². The lowest BCUT2D eigenvalue weighted by molar-refractivity contribution is -0.156. The number of benzene rings is 1. The van der Waals surface area contributed by atoms with Crippen LogP contribution >= 0.6 is 23.2 Å². The number of nitrogens with two attached hydrogens (primary N) is 2. The van der Waals surface area contributed by atoms with Crippen LogP contribution < -0.4 is 16.2 Å². The van der Waals surface area contributed by atoms with Crippen LogP contribution in [-0.2, 0) is 16.1 Å².